The first-order valence-electron chi connectivity index (χ1n) is 6.06. The van der Waals surface area contributed by atoms with Gasteiger partial charge in [-0.15, -0.1) is 0 Å². The number of aromatic nitrogens is 1. The standard InChI is InChI=1S/C14H12F2N2O3/c15-14(16)21-10-5-3-9(4-6-10)8-18-13(20)11-2-1-7-17-12(11)19/h1-7,14H,8H2,(H,17,19)(H,18,20). The summed E-state index contributed by atoms with van der Waals surface area (Å²) in [5, 5.41) is 2.57. The monoisotopic (exact) mass is 294 g/mol. The highest BCUT2D eigenvalue weighted by Gasteiger charge is 2.09. The fraction of sp³-hybridized carbons (Fsp3) is 0.143. The van der Waals surface area contributed by atoms with Crippen molar-refractivity contribution in [1.29, 1.82) is 0 Å². The van der Waals surface area contributed by atoms with Crippen LogP contribution in [0.25, 0.3) is 0 Å². The van der Waals surface area contributed by atoms with Crippen molar-refractivity contribution in [2.75, 3.05) is 0 Å². The van der Waals surface area contributed by atoms with E-state index in [1.165, 1.54) is 24.4 Å². The van der Waals surface area contributed by atoms with Gasteiger partial charge in [-0.2, -0.15) is 8.78 Å². The Morgan fingerprint density at radius 3 is 2.57 bits per heavy atom. The quantitative estimate of drug-likeness (QED) is 0.885. The Labute approximate surface area is 118 Å². The second-order valence-electron chi connectivity index (χ2n) is 4.12. The van der Waals surface area contributed by atoms with Crippen molar-refractivity contribution >= 4 is 5.91 Å². The van der Waals surface area contributed by atoms with Crippen LogP contribution in [-0.4, -0.2) is 17.5 Å². The first kappa shape index (κ1) is 14.7. The van der Waals surface area contributed by atoms with Gasteiger partial charge in [0, 0.05) is 12.7 Å². The van der Waals surface area contributed by atoms with E-state index in [9.17, 15) is 18.4 Å². The molecule has 0 aliphatic heterocycles. The van der Waals surface area contributed by atoms with Gasteiger partial charge in [0.15, 0.2) is 0 Å². The first-order chi connectivity index (χ1) is 10.1. The number of carbonyl (C=O) groups is 1. The van der Waals surface area contributed by atoms with Crippen molar-refractivity contribution in [3.05, 3.63) is 64.1 Å². The number of alkyl halides is 2. The van der Waals surface area contributed by atoms with E-state index in [0.717, 1.165) is 0 Å². The molecule has 5 nitrogen and oxygen atoms in total. The fourth-order valence-electron chi connectivity index (χ4n) is 1.67. The number of benzene rings is 1. The summed E-state index contributed by atoms with van der Waals surface area (Å²) < 4.78 is 28.2. The molecule has 1 aromatic heterocycles. The van der Waals surface area contributed by atoms with Crippen molar-refractivity contribution in [2.45, 2.75) is 13.2 Å². The number of aromatic amines is 1. The lowest BCUT2D eigenvalue weighted by Gasteiger charge is -2.07. The summed E-state index contributed by atoms with van der Waals surface area (Å²) in [7, 11) is 0. The molecule has 0 unspecified atom stereocenters. The summed E-state index contributed by atoms with van der Waals surface area (Å²) in [6.07, 6.45) is 1.43. The number of nitrogens with one attached hydrogen (secondary N) is 2. The molecule has 2 N–H and O–H groups in total. The summed E-state index contributed by atoms with van der Waals surface area (Å²) in [6.45, 7) is -2.71. The number of carbonyl (C=O) groups excluding carboxylic acids is 1. The van der Waals surface area contributed by atoms with Gasteiger partial charge in [-0.05, 0) is 29.8 Å². The molecule has 2 aromatic rings. The van der Waals surface area contributed by atoms with Crippen LogP contribution in [0.2, 0.25) is 0 Å². The molecule has 0 fully saturated rings. The van der Waals surface area contributed by atoms with Crippen LogP contribution in [0.1, 0.15) is 15.9 Å². The van der Waals surface area contributed by atoms with Crippen LogP contribution in [0.15, 0.2) is 47.4 Å². The molecule has 0 bridgehead atoms. The highest BCUT2D eigenvalue weighted by molar-refractivity contribution is 5.93. The number of hydrogen-bond acceptors (Lipinski definition) is 3. The zero-order valence-corrected chi connectivity index (χ0v) is 10.8. The van der Waals surface area contributed by atoms with Crippen molar-refractivity contribution < 1.29 is 18.3 Å². The van der Waals surface area contributed by atoms with Gasteiger partial charge in [-0.1, -0.05) is 12.1 Å². The maximum absolute atomic E-state index is 12.0. The average Bonchev–Trinajstić information content (AvgIpc) is 2.46. The maximum Gasteiger partial charge on any atom is 0.387 e. The van der Waals surface area contributed by atoms with E-state index < -0.39 is 18.1 Å². The van der Waals surface area contributed by atoms with E-state index in [1.807, 2.05) is 0 Å². The Bertz CT molecular complexity index is 668. The van der Waals surface area contributed by atoms with Gasteiger partial charge in [0.25, 0.3) is 11.5 Å². The normalized spacial score (nSPS) is 10.4. The van der Waals surface area contributed by atoms with Gasteiger partial charge in [-0.3, -0.25) is 9.59 Å². The molecule has 0 spiro atoms. The third-order valence-electron chi connectivity index (χ3n) is 2.66. The van der Waals surface area contributed by atoms with Crippen LogP contribution in [0.3, 0.4) is 0 Å². The van der Waals surface area contributed by atoms with Gasteiger partial charge in [0.05, 0.1) is 0 Å². The van der Waals surface area contributed by atoms with Crippen molar-refractivity contribution in [2.24, 2.45) is 0 Å². The summed E-state index contributed by atoms with van der Waals surface area (Å²) in [5.41, 5.74) is 0.225. The van der Waals surface area contributed by atoms with E-state index in [1.54, 1.807) is 18.2 Å². The Hall–Kier alpha value is -2.70. The highest BCUT2D eigenvalue weighted by atomic mass is 19.3. The van der Waals surface area contributed by atoms with Crippen molar-refractivity contribution in [1.82, 2.24) is 10.3 Å². The summed E-state index contributed by atoms with van der Waals surface area (Å²) in [4.78, 5) is 25.6. The lowest BCUT2D eigenvalue weighted by atomic mass is 10.2. The predicted molar refractivity (Wildman–Crippen MR) is 71.3 cm³/mol. The molecule has 1 aromatic carbocycles. The van der Waals surface area contributed by atoms with Crippen LogP contribution in [0.4, 0.5) is 8.78 Å². The minimum Gasteiger partial charge on any atom is -0.435 e. The van der Waals surface area contributed by atoms with Gasteiger partial charge in [0.2, 0.25) is 0 Å². The molecule has 7 heteroatoms. The SMILES string of the molecule is O=C(NCc1ccc(OC(F)F)cc1)c1ccc[nH]c1=O. The predicted octanol–water partition coefficient (Wildman–Crippen LogP) is 1.91. The molecular formula is C14H12F2N2O3. The zero-order valence-electron chi connectivity index (χ0n) is 10.8. The maximum atomic E-state index is 12.0. The topological polar surface area (TPSA) is 71.2 Å². The second kappa shape index (κ2) is 6.65. The molecule has 0 aliphatic carbocycles. The number of hydrogen-bond donors (Lipinski definition) is 2. The molecule has 110 valence electrons. The Balaban J connectivity index is 1.95. The zero-order chi connectivity index (χ0) is 15.2. The van der Waals surface area contributed by atoms with Crippen molar-refractivity contribution in [3.8, 4) is 5.75 Å². The molecule has 0 radical (unpaired) electrons. The fourth-order valence-corrected chi connectivity index (χ4v) is 1.67. The van der Waals surface area contributed by atoms with Gasteiger partial charge < -0.3 is 15.0 Å². The van der Waals surface area contributed by atoms with Gasteiger partial charge >= 0.3 is 6.61 Å². The first-order valence-corrected chi connectivity index (χ1v) is 6.06. The average molecular weight is 294 g/mol. The second-order valence-corrected chi connectivity index (χ2v) is 4.12. The molecule has 1 heterocycles. The number of ether oxygens (including phenoxy) is 1. The van der Waals surface area contributed by atoms with Gasteiger partial charge in [-0.25, -0.2) is 0 Å². The van der Waals surface area contributed by atoms with Crippen LogP contribution in [0.5, 0.6) is 5.75 Å². The summed E-state index contributed by atoms with van der Waals surface area (Å²) >= 11 is 0. The lowest BCUT2D eigenvalue weighted by molar-refractivity contribution is -0.0498. The van der Waals surface area contributed by atoms with Crippen molar-refractivity contribution in [3.63, 3.8) is 0 Å². The molecule has 1 amide bonds. The van der Waals surface area contributed by atoms with Crippen LogP contribution >= 0.6 is 0 Å². The number of H-pyrrole nitrogens is 1. The number of amides is 1. The van der Waals surface area contributed by atoms with Crippen LogP contribution in [0, 0.1) is 0 Å². The molecular weight excluding hydrogens is 282 g/mol. The smallest absolute Gasteiger partial charge is 0.387 e. The van der Waals surface area contributed by atoms with E-state index in [2.05, 4.69) is 15.0 Å². The third-order valence-corrected chi connectivity index (χ3v) is 2.66. The summed E-state index contributed by atoms with van der Waals surface area (Å²) in [5.74, 6) is -0.468. The highest BCUT2D eigenvalue weighted by Crippen LogP contribution is 2.14. The number of rotatable bonds is 5. The van der Waals surface area contributed by atoms with E-state index in [-0.39, 0.29) is 17.9 Å². The number of pyridine rings is 1. The minimum atomic E-state index is -2.87. The minimum absolute atomic E-state index is 0.00940. The van der Waals surface area contributed by atoms with E-state index in [4.69, 9.17) is 0 Å². The third kappa shape index (κ3) is 4.13. The molecule has 21 heavy (non-hydrogen) atoms. The van der Waals surface area contributed by atoms with E-state index in [0.29, 0.717) is 5.56 Å². The number of halogens is 2. The van der Waals surface area contributed by atoms with Gasteiger partial charge in [0.1, 0.15) is 11.3 Å². The summed E-state index contributed by atoms with van der Waals surface area (Å²) in [6, 6.07) is 8.81. The Morgan fingerprint density at radius 1 is 1.24 bits per heavy atom. The molecule has 0 saturated heterocycles. The lowest BCUT2D eigenvalue weighted by Crippen LogP contribution is -2.28. The Morgan fingerprint density at radius 2 is 1.95 bits per heavy atom. The van der Waals surface area contributed by atoms with Crippen LogP contribution < -0.4 is 15.6 Å². The largest absolute Gasteiger partial charge is 0.435 e. The Kier molecular flexibility index (Phi) is 4.65. The van der Waals surface area contributed by atoms with E-state index >= 15 is 0 Å². The molecule has 0 aliphatic rings. The van der Waals surface area contributed by atoms with Crippen LogP contribution in [-0.2, 0) is 6.54 Å². The molecule has 0 atom stereocenters. The molecule has 2 rings (SSSR count). The molecule has 0 saturated carbocycles.